The first-order valence-electron chi connectivity index (χ1n) is 27.8. The molecule has 0 amide bonds. The van der Waals surface area contributed by atoms with E-state index in [-0.39, 0.29) is 37.5 Å². The summed E-state index contributed by atoms with van der Waals surface area (Å²) in [6.45, 7) is 6.56. The fraction of sp³-hybridized carbons (Fsp3) is 0.780. The summed E-state index contributed by atoms with van der Waals surface area (Å²) in [4.78, 5) is 38.0. The maximum absolute atomic E-state index is 12.8. The van der Waals surface area contributed by atoms with E-state index >= 15 is 0 Å². The summed E-state index contributed by atoms with van der Waals surface area (Å²) in [7, 11) is 0. The molecule has 0 aromatic rings. The lowest BCUT2D eigenvalue weighted by Gasteiger charge is -2.18. The molecule has 0 saturated heterocycles. The first kappa shape index (κ1) is 62.1. The van der Waals surface area contributed by atoms with Gasteiger partial charge in [-0.25, -0.2) is 0 Å². The van der Waals surface area contributed by atoms with Gasteiger partial charge in [0.15, 0.2) is 6.10 Å². The van der Waals surface area contributed by atoms with Crippen molar-refractivity contribution in [1.29, 1.82) is 0 Å². The van der Waals surface area contributed by atoms with Crippen LogP contribution in [0.2, 0.25) is 0 Å². The third kappa shape index (κ3) is 51.9. The minimum atomic E-state index is -0.801. The van der Waals surface area contributed by atoms with Crippen LogP contribution in [0.25, 0.3) is 0 Å². The number of carbonyl (C=O) groups is 3. The van der Waals surface area contributed by atoms with E-state index in [9.17, 15) is 14.4 Å². The predicted molar refractivity (Wildman–Crippen MR) is 279 cm³/mol. The monoisotopic (exact) mass is 909 g/mol. The molecule has 6 nitrogen and oxygen atoms in total. The van der Waals surface area contributed by atoms with Gasteiger partial charge in [-0.1, -0.05) is 223 Å². The summed E-state index contributed by atoms with van der Waals surface area (Å²) in [6.07, 6.45) is 66.4. The van der Waals surface area contributed by atoms with Crippen LogP contribution in [0, 0.1) is 0 Å². The normalized spacial score (nSPS) is 12.5. The summed E-state index contributed by atoms with van der Waals surface area (Å²) in [6, 6.07) is 0. The first-order valence-corrected chi connectivity index (χ1v) is 27.8. The molecular formula is C59H104O6. The Kier molecular flexibility index (Phi) is 51.3. The molecular weight excluding hydrogens is 805 g/mol. The topological polar surface area (TPSA) is 78.9 Å². The number of rotatable bonds is 50. The van der Waals surface area contributed by atoms with E-state index in [1.54, 1.807) is 0 Å². The first-order chi connectivity index (χ1) is 32.0. The molecule has 0 bridgehead atoms. The van der Waals surface area contributed by atoms with Gasteiger partial charge in [0.25, 0.3) is 0 Å². The molecule has 376 valence electrons. The minimum Gasteiger partial charge on any atom is -0.462 e. The smallest absolute Gasteiger partial charge is 0.306 e. The number of unbranched alkanes of at least 4 members (excludes halogenated alkanes) is 29. The second kappa shape index (κ2) is 53.7. The Hall–Kier alpha value is -2.89. The van der Waals surface area contributed by atoms with Gasteiger partial charge in [0.05, 0.1) is 0 Å². The number of allylic oxidation sites excluding steroid dienone is 10. The molecule has 65 heavy (non-hydrogen) atoms. The lowest BCUT2D eigenvalue weighted by Crippen LogP contribution is -2.30. The molecule has 0 N–H and O–H groups in total. The molecule has 1 atom stereocenters. The largest absolute Gasteiger partial charge is 0.462 e. The van der Waals surface area contributed by atoms with Crippen LogP contribution in [0.5, 0.6) is 0 Å². The molecule has 0 aromatic carbocycles. The molecule has 0 rings (SSSR count). The average molecular weight is 909 g/mol. The van der Waals surface area contributed by atoms with Gasteiger partial charge in [-0.2, -0.15) is 0 Å². The Labute approximate surface area is 402 Å². The Morgan fingerprint density at radius 1 is 0.308 bits per heavy atom. The van der Waals surface area contributed by atoms with Crippen molar-refractivity contribution >= 4 is 17.9 Å². The third-order valence-corrected chi connectivity index (χ3v) is 12.0. The van der Waals surface area contributed by atoms with E-state index < -0.39 is 6.10 Å². The van der Waals surface area contributed by atoms with Crippen LogP contribution < -0.4 is 0 Å². The lowest BCUT2D eigenvalue weighted by molar-refractivity contribution is -0.166. The zero-order valence-corrected chi connectivity index (χ0v) is 43.0. The predicted octanol–water partition coefficient (Wildman–Crippen LogP) is 18.4. The SMILES string of the molecule is CCCCC/C=C\C/C=C\CCCCCCCCCC(=O)OCC(COC(=O)CC/C=C\C/C=C\CCCCCCCC)OC(=O)CCCCCCCCC/C=C\CCCCCCCC. The van der Waals surface area contributed by atoms with Crippen molar-refractivity contribution in [3.05, 3.63) is 60.8 Å². The molecule has 0 aliphatic heterocycles. The standard InChI is InChI=1S/C59H104O6/c1-4-7-10-13-16-19-22-25-27-29-31-34-37-40-43-46-49-52-58(61)64-55-56(54-63-57(60)51-48-45-42-39-36-33-24-21-18-15-12-9-6-3)65-59(62)53-50-47-44-41-38-35-32-30-28-26-23-20-17-14-11-8-5-2/h16,19,25-28,33,36,42,45,56H,4-15,17-18,20-24,29-32,34-35,37-41,43-44,46-55H2,1-3H3/b19-16-,27-25-,28-26-,36-33-,45-42-. The van der Waals surface area contributed by atoms with Crippen LogP contribution in [0.4, 0.5) is 0 Å². The van der Waals surface area contributed by atoms with Gasteiger partial charge in [0.2, 0.25) is 0 Å². The second-order valence-corrected chi connectivity index (χ2v) is 18.5. The quantitative estimate of drug-likeness (QED) is 0.0262. The fourth-order valence-electron chi connectivity index (χ4n) is 7.76. The Bertz CT molecular complexity index is 1180. The zero-order chi connectivity index (χ0) is 47.2. The van der Waals surface area contributed by atoms with Crippen molar-refractivity contribution in [2.45, 2.75) is 284 Å². The van der Waals surface area contributed by atoms with Gasteiger partial charge >= 0.3 is 17.9 Å². The van der Waals surface area contributed by atoms with Crippen LogP contribution >= 0.6 is 0 Å². The van der Waals surface area contributed by atoms with E-state index in [4.69, 9.17) is 14.2 Å². The molecule has 0 spiro atoms. The third-order valence-electron chi connectivity index (χ3n) is 12.0. The molecule has 0 saturated carbocycles. The van der Waals surface area contributed by atoms with E-state index in [1.807, 2.05) is 6.08 Å². The highest BCUT2D eigenvalue weighted by Crippen LogP contribution is 2.14. The highest BCUT2D eigenvalue weighted by Gasteiger charge is 2.19. The van der Waals surface area contributed by atoms with Gasteiger partial charge < -0.3 is 14.2 Å². The van der Waals surface area contributed by atoms with Crippen molar-refractivity contribution in [2.24, 2.45) is 0 Å². The summed E-state index contributed by atoms with van der Waals surface area (Å²) >= 11 is 0. The Morgan fingerprint density at radius 3 is 0.985 bits per heavy atom. The highest BCUT2D eigenvalue weighted by molar-refractivity contribution is 5.71. The van der Waals surface area contributed by atoms with Crippen molar-refractivity contribution < 1.29 is 28.6 Å². The molecule has 0 heterocycles. The molecule has 0 aromatic heterocycles. The van der Waals surface area contributed by atoms with Crippen molar-refractivity contribution in [2.75, 3.05) is 13.2 Å². The van der Waals surface area contributed by atoms with Crippen LogP contribution in [0.3, 0.4) is 0 Å². The van der Waals surface area contributed by atoms with Gasteiger partial charge in [-0.15, -0.1) is 0 Å². The number of esters is 3. The fourth-order valence-corrected chi connectivity index (χ4v) is 7.76. The van der Waals surface area contributed by atoms with Gasteiger partial charge in [0, 0.05) is 19.3 Å². The maximum Gasteiger partial charge on any atom is 0.306 e. The molecule has 6 heteroatoms. The van der Waals surface area contributed by atoms with Gasteiger partial charge in [-0.05, 0) is 96.3 Å². The van der Waals surface area contributed by atoms with E-state index in [1.165, 1.54) is 167 Å². The number of ether oxygens (including phenoxy) is 3. The molecule has 1 unspecified atom stereocenters. The minimum absolute atomic E-state index is 0.0965. The van der Waals surface area contributed by atoms with Crippen molar-refractivity contribution in [1.82, 2.24) is 0 Å². The number of carbonyl (C=O) groups excluding carboxylic acids is 3. The summed E-state index contributed by atoms with van der Waals surface area (Å²) in [5.41, 5.74) is 0. The molecule has 0 aliphatic carbocycles. The Morgan fingerprint density at radius 2 is 0.585 bits per heavy atom. The Balaban J connectivity index is 4.43. The summed E-state index contributed by atoms with van der Waals surface area (Å²) < 4.78 is 16.8. The van der Waals surface area contributed by atoms with E-state index in [0.29, 0.717) is 19.3 Å². The van der Waals surface area contributed by atoms with Crippen molar-refractivity contribution in [3.63, 3.8) is 0 Å². The zero-order valence-electron chi connectivity index (χ0n) is 43.0. The second-order valence-electron chi connectivity index (χ2n) is 18.5. The average Bonchev–Trinajstić information content (AvgIpc) is 3.30. The summed E-state index contributed by atoms with van der Waals surface area (Å²) in [5.74, 6) is -0.971. The van der Waals surface area contributed by atoms with Gasteiger partial charge in [-0.3, -0.25) is 14.4 Å². The van der Waals surface area contributed by atoms with Crippen LogP contribution in [0.15, 0.2) is 60.8 Å². The number of hydrogen-bond acceptors (Lipinski definition) is 6. The molecule has 0 aliphatic rings. The van der Waals surface area contributed by atoms with Gasteiger partial charge in [0.1, 0.15) is 13.2 Å². The van der Waals surface area contributed by atoms with Crippen molar-refractivity contribution in [3.8, 4) is 0 Å². The van der Waals surface area contributed by atoms with E-state index in [2.05, 4.69) is 75.5 Å². The van der Waals surface area contributed by atoms with Crippen LogP contribution in [-0.4, -0.2) is 37.2 Å². The van der Waals surface area contributed by atoms with Crippen LogP contribution in [-0.2, 0) is 28.6 Å². The highest BCUT2D eigenvalue weighted by atomic mass is 16.6. The number of hydrogen-bond donors (Lipinski definition) is 0. The maximum atomic E-state index is 12.8. The van der Waals surface area contributed by atoms with Crippen LogP contribution in [0.1, 0.15) is 278 Å². The lowest BCUT2D eigenvalue weighted by atomic mass is 10.1. The molecule has 0 radical (unpaired) electrons. The molecule has 0 fully saturated rings. The summed E-state index contributed by atoms with van der Waals surface area (Å²) in [5, 5.41) is 0. The van der Waals surface area contributed by atoms with E-state index in [0.717, 1.165) is 64.2 Å².